The van der Waals surface area contributed by atoms with Gasteiger partial charge >= 0.3 is 0 Å². The minimum atomic E-state index is -0.469. The molecule has 0 aliphatic carbocycles. The Morgan fingerprint density at radius 3 is 2.00 bits per heavy atom. The van der Waals surface area contributed by atoms with E-state index in [1.165, 1.54) is 29.8 Å². The maximum absolute atomic E-state index is 13.3. The summed E-state index contributed by atoms with van der Waals surface area (Å²) in [6.45, 7) is 0. The number of halogens is 2. The molecule has 4 rings (SSSR count). The summed E-state index contributed by atoms with van der Waals surface area (Å²) in [6, 6.07) is 19.5. The molecular formula is C22H17F2NOS. The Labute approximate surface area is 160 Å². The summed E-state index contributed by atoms with van der Waals surface area (Å²) in [5.41, 5.74) is 2.66. The quantitative estimate of drug-likeness (QED) is 0.697. The Bertz CT molecular complexity index is 886. The number of carbonyl (C=O) groups is 1. The molecule has 136 valence electrons. The maximum Gasteiger partial charge on any atom is 0.234 e. The van der Waals surface area contributed by atoms with Crippen LogP contribution in [0.25, 0.3) is 0 Å². The van der Waals surface area contributed by atoms with Gasteiger partial charge in [0.25, 0.3) is 0 Å². The van der Waals surface area contributed by atoms with E-state index >= 15 is 0 Å². The number of hydrogen-bond donors (Lipinski definition) is 1. The second kappa shape index (κ2) is 7.53. The van der Waals surface area contributed by atoms with Gasteiger partial charge in [0.2, 0.25) is 5.91 Å². The highest BCUT2D eigenvalue weighted by atomic mass is 32.2. The third-order valence-corrected chi connectivity index (χ3v) is 5.95. The zero-order valence-corrected chi connectivity index (χ0v) is 15.2. The Kier molecular flexibility index (Phi) is 4.94. The summed E-state index contributed by atoms with van der Waals surface area (Å²) in [5.74, 6) is -0.774. The number of rotatable bonds is 4. The van der Waals surface area contributed by atoms with Crippen molar-refractivity contribution in [3.05, 3.63) is 101 Å². The van der Waals surface area contributed by atoms with E-state index in [0.29, 0.717) is 6.42 Å². The van der Waals surface area contributed by atoms with Crippen LogP contribution in [0, 0.1) is 11.6 Å². The van der Waals surface area contributed by atoms with E-state index in [2.05, 4.69) is 5.32 Å². The van der Waals surface area contributed by atoms with Crippen LogP contribution in [0.1, 0.15) is 22.7 Å². The van der Waals surface area contributed by atoms with Gasteiger partial charge in [-0.1, -0.05) is 42.5 Å². The number of benzene rings is 3. The summed E-state index contributed by atoms with van der Waals surface area (Å²) in [5, 5.41) is 2.84. The van der Waals surface area contributed by atoms with E-state index in [-0.39, 0.29) is 22.8 Å². The summed E-state index contributed by atoms with van der Waals surface area (Å²) >= 11 is 1.55. The van der Waals surface area contributed by atoms with Gasteiger partial charge in [-0.3, -0.25) is 4.79 Å². The van der Waals surface area contributed by atoms with Crippen LogP contribution in [-0.2, 0) is 11.2 Å². The molecule has 1 N–H and O–H groups in total. The molecular weight excluding hydrogens is 364 g/mol. The molecule has 5 heteroatoms. The molecule has 0 saturated heterocycles. The van der Waals surface area contributed by atoms with Crippen molar-refractivity contribution < 1.29 is 13.6 Å². The molecule has 1 aliphatic heterocycles. The SMILES string of the molecule is O=C(NC(c1ccc(F)cc1)c1ccc(F)cc1)[C@H]1Cc2ccccc2S1. The number of fused-ring (bicyclic) bond motifs is 1. The fraction of sp³-hybridized carbons (Fsp3) is 0.136. The first kappa shape index (κ1) is 17.7. The average molecular weight is 381 g/mol. The van der Waals surface area contributed by atoms with E-state index in [1.807, 2.05) is 24.3 Å². The van der Waals surface area contributed by atoms with Crippen LogP contribution in [0.4, 0.5) is 8.78 Å². The molecule has 1 heterocycles. The highest BCUT2D eigenvalue weighted by Gasteiger charge is 2.30. The summed E-state index contributed by atoms with van der Waals surface area (Å²) in [7, 11) is 0. The second-order valence-corrected chi connectivity index (χ2v) is 7.71. The number of hydrogen-bond acceptors (Lipinski definition) is 2. The molecule has 27 heavy (non-hydrogen) atoms. The molecule has 1 amide bonds. The van der Waals surface area contributed by atoms with Crippen molar-refractivity contribution in [3.63, 3.8) is 0 Å². The Hall–Kier alpha value is -2.66. The van der Waals surface area contributed by atoms with E-state index in [4.69, 9.17) is 0 Å². The maximum atomic E-state index is 13.3. The highest BCUT2D eigenvalue weighted by molar-refractivity contribution is 8.01. The normalized spacial score (nSPS) is 15.6. The fourth-order valence-corrected chi connectivity index (χ4v) is 4.44. The predicted molar refractivity (Wildman–Crippen MR) is 103 cm³/mol. The lowest BCUT2D eigenvalue weighted by molar-refractivity contribution is -0.121. The molecule has 0 spiro atoms. The van der Waals surface area contributed by atoms with Crippen molar-refractivity contribution in [2.75, 3.05) is 0 Å². The topological polar surface area (TPSA) is 29.1 Å². The molecule has 1 atom stereocenters. The second-order valence-electron chi connectivity index (χ2n) is 6.46. The zero-order chi connectivity index (χ0) is 18.8. The van der Waals surface area contributed by atoms with Crippen molar-refractivity contribution in [2.45, 2.75) is 22.6 Å². The molecule has 0 fully saturated rings. The fourth-order valence-electron chi connectivity index (χ4n) is 3.23. The first-order chi connectivity index (χ1) is 13.1. The summed E-state index contributed by atoms with van der Waals surface area (Å²) in [4.78, 5) is 14.0. The smallest absolute Gasteiger partial charge is 0.234 e. The van der Waals surface area contributed by atoms with Crippen LogP contribution in [0.5, 0.6) is 0 Å². The molecule has 0 bridgehead atoms. The van der Waals surface area contributed by atoms with Crippen molar-refractivity contribution in [2.24, 2.45) is 0 Å². The van der Waals surface area contributed by atoms with E-state index < -0.39 is 6.04 Å². The third-order valence-electron chi connectivity index (χ3n) is 4.63. The zero-order valence-electron chi connectivity index (χ0n) is 14.4. The van der Waals surface area contributed by atoms with Crippen LogP contribution >= 0.6 is 11.8 Å². The van der Waals surface area contributed by atoms with Crippen molar-refractivity contribution in [3.8, 4) is 0 Å². The molecule has 1 aliphatic rings. The largest absolute Gasteiger partial charge is 0.344 e. The van der Waals surface area contributed by atoms with Crippen LogP contribution in [0.2, 0.25) is 0 Å². The predicted octanol–water partition coefficient (Wildman–Crippen LogP) is 4.89. The Morgan fingerprint density at radius 1 is 0.889 bits per heavy atom. The lowest BCUT2D eigenvalue weighted by atomic mass is 9.98. The molecule has 0 unspecified atom stereocenters. The third kappa shape index (κ3) is 3.88. The number of carbonyl (C=O) groups excluding carboxylic acids is 1. The lowest BCUT2D eigenvalue weighted by Gasteiger charge is -2.22. The van der Waals surface area contributed by atoms with Gasteiger partial charge in [0.1, 0.15) is 11.6 Å². The minimum Gasteiger partial charge on any atom is -0.344 e. The van der Waals surface area contributed by atoms with Gasteiger partial charge in [-0.25, -0.2) is 8.78 Å². The monoisotopic (exact) mass is 381 g/mol. The molecule has 0 radical (unpaired) electrons. The van der Waals surface area contributed by atoms with Crippen LogP contribution < -0.4 is 5.32 Å². The molecule has 3 aromatic carbocycles. The Morgan fingerprint density at radius 2 is 1.44 bits per heavy atom. The first-order valence-corrected chi connectivity index (χ1v) is 9.54. The lowest BCUT2D eigenvalue weighted by Crippen LogP contribution is -2.36. The minimum absolute atomic E-state index is 0.0881. The summed E-state index contributed by atoms with van der Waals surface area (Å²) in [6.07, 6.45) is 0.673. The highest BCUT2D eigenvalue weighted by Crippen LogP contribution is 2.37. The van der Waals surface area contributed by atoms with Gasteiger partial charge in [0.05, 0.1) is 11.3 Å². The summed E-state index contributed by atoms with van der Waals surface area (Å²) < 4.78 is 26.6. The van der Waals surface area contributed by atoms with Crippen molar-refractivity contribution in [1.29, 1.82) is 0 Å². The van der Waals surface area contributed by atoms with Crippen molar-refractivity contribution in [1.82, 2.24) is 5.32 Å². The van der Waals surface area contributed by atoms with Gasteiger partial charge in [-0.15, -0.1) is 11.8 Å². The van der Waals surface area contributed by atoms with Crippen LogP contribution in [0.15, 0.2) is 77.7 Å². The molecule has 2 nitrogen and oxygen atoms in total. The van der Waals surface area contributed by atoms with Crippen molar-refractivity contribution >= 4 is 17.7 Å². The van der Waals surface area contributed by atoms with E-state index in [0.717, 1.165) is 16.0 Å². The number of thioether (sulfide) groups is 1. The Balaban J connectivity index is 1.58. The molecule has 3 aromatic rings. The van der Waals surface area contributed by atoms with Crippen LogP contribution in [-0.4, -0.2) is 11.2 Å². The number of nitrogens with one attached hydrogen (secondary N) is 1. The van der Waals surface area contributed by atoms with Gasteiger partial charge in [0.15, 0.2) is 0 Å². The van der Waals surface area contributed by atoms with E-state index in [1.54, 1.807) is 36.0 Å². The molecule has 0 aromatic heterocycles. The molecule has 0 saturated carbocycles. The van der Waals surface area contributed by atoms with E-state index in [9.17, 15) is 13.6 Å². The van der Waals surface area contributed by atoms with Gasteiger partial charge < -0.3 is 5.32 Å². The van der Waals surface area contributed by atoms with Crippen LogP contribution in [0.3, 0.4) is 0 Å². The first-order valence-electron chi connectivity index (χ1n) is 8.66. The van der Waals surface area contributed by atoms with Gasteiger partial charge in [0, 0.05) is 4.90 Å². The van der Waals surface area contributed by atoms with Gasteiger partial charge in [-0.05, 0) is 53.4 Å². The van der Waals surface area contributed by atoms with Gasteiger partial charge in [-0.2, -0.15) is 0 Å². The number of amides is 1. The standard InChI is InChI=1S/C22H17F2NOS/c23-17-9-5-14(6-10-17)21(15-7-11-18(24)12-8-15)25-22(26)20-13-16-3-1-2-4-19(16)27-20/h1-12,20-21H,13H2,(H,25,26)/t20-/m1/s1. The average Bonchev–Trinajstić information content (AvgIpc) is 3.12.